The monoisotopic (exact) mass is 356 g/mol. The summed E-state index contributed by atoms with van der Waals surface area (Å²) in [6, 6.07) is 13.0. The maximum absolute atomic E-state index is 12.2. The summed E-state index contributed by atoms with van der Waals surface area (Å²) in [7, 11) is 1.63. The van der Waals surface area contributed by atoms with Gasteiger partial charge in [-0.05, 0) is 49.9 Å². The molecule has 2 rings (SSSR count). The van der Waals surface area contributed by atoms with Crippen molar-refractivity contribution in [3.63, 3.8) is 0 Å². The molecule has 0 aliphatic carbocycles. The molecule has 0 saturated carbocycles. The third kappa shape index (κ3) is 5.49. The SMILES string of the molecule is CCOc1cc(CCCNC(=O)C(N)c2ccc(C)cc2)ccc1OC. The lowest BCUT2D eigenvalue weighted by molar-refractivity contribution is -0.122. The van der Waals surface area contributed by atoms with Crippen LogP contribution in [0.5, 0.6) is 11.5 Å². The van der Waals surface area contributed by atoms with E-state index in [2.05, 4.69) is 5.32 Å². The third-order valence-corrected chi connectivity index (χ3v) is 4.19. The van der Waals surface area contributed by atoms with Crippen LogP contribution < -0.4 is 20.5 Å². The lowest BCUT2D eigenvalue weighted by Gasteiger charge is -2.13. The van der Waals surface area contributed by atoms with Gasteiger partial charge in [-0.15, -0.1) is 0 Å². The number of carbonyl (C=O) groups is 1. The zero-order chi connectivity index (χ0) is 18.9. The minimum atomic E-state index is -0.638. The Morgan fingerprint density at radius 3 is 2.54 bits per heavy atom. The normalized spacial score (nSPS) is 11.7. The van der Waals surface area contributed by atoms with Gasteiger partial charge in [0, 0.05) is 6.54 Å². The molecule has 0 fully saturated rings. The van der Waals surface area contributed by atoms with E-state index >= 15 is 0 Å². The van der Waals surface area contributed by atoms with Crippen molar-refractivity contribution < 1.29 is 14.3 Å². The minimum absolute atomic E-state index is 0.154. The summed E-state index contributed by atoms with van der Waals surface area (Å²) in [6.45, 7) is 5.12. The second-order valence-electron chi connectivity index (χ2n) is 6.20. The van der Waals surface area contributed by atoms with Gasteiger partial charge in [-0.2, -0.15) is 0 Å². The average molecular weight is 356 g/mol. The van der Waals surface area contributed by atoms with Crippen molar-refractivity contribution in [2.24, 2.45) is 5.73 Å². The number of benzene rings is 2. The Hall–Kier alpha value is -2.53. The fourth-order valence-electron chi connectivity index (χ4n) is 2.68. The first-order chi connectivity index (χ1) is 12.5. The number of carbonyl (C=O) groups excluding carboxylic acids is 1. The first-order valence-electron chi connectivity index (χ1n) is 8.94. The Bertz CT molecular complexity index is 714. The Morgan fingerprint density at radius 2 is 1.88 bits per heavy atom. The Morgan fingerprint density at radius 1 is 1.15 bits per heavy atom. The van der Waals surface area contributed by atoms with E-state index in [1.54, 1.807) is 7.11 Å². The third-order valence-electron chi connectivity index (χ3n) is 4.19. The van der Waals surface area contributed by atoms with Crippen LogP contribution in [-0.2, 0) is 11.2 Å². The first kappa shape index (κ1) is 19.8. The van der Waals surface area contributed by atoms with Gasteiger partial charge in [0.1, 0.15) is 6.04 Å². The van der Waals surface area contributed by atoms with Crippen molar-refractivity contribution in [3.05, 3.63) is 59.2 Å². The molecule has 0 aliphatic heterocycles. The fourth-order valence-corrected chi connectivity index (χ4v) is 2.68. The Kier molecular flexibility index (Phi) is 7.48. The van der Waals surface area contributed by atoms with Crippen LogP contribution >= 0.6 is 0 Å². The van der Waals surface area contributed by atoms with Gasteiger partial charge in [0.25, 0.3) is 0 Å². The molecule has 0 spiro atoms. The van der Waals surface area contributed by atoms with Gasteiger partial charge in [0.05, 0.1) is 13.7 Å². The van der Waals surface area contributed by atoms with Crippen molar-refractivity contribution in [2.75, 3.05) is 20.3 Å². The predicted molar refractivity (Wildman–Crippen MR) is 104 cm³/mol. The van der Waals surface area contributed by atoms with Crippen molar-refractivity contribution in [3.8, 4) is 11.5 Å². The molecule has 26 heavy (non-hydrogen) atoms. The lowest BCUT2D eigenvalue weighted by atomic mass is 10.1. The van der Waals surface area contributed by atoms with Gasteiger partial charge in [-0.25, -0.2) is 0 Å². The number of amides is 1. The molecule has 0 radical (unpaired) electrons. The van der Waals surface area contributed by atoms with E-state index in [1.807, 2.05) is 56.3 Å². The molecule has 0 aliphatic rings. The van der Waals surface area contributed by atoms with Gasteiger partial charge in [-0.1, -0.05) is 35.9 Å². The van der Waals surface area contributed by atoms with Crippen LogP contribution in [0.15, 0.2) is 42.5 Å². The molecule has 0 heterocycles. The number of ether oxygens (including phenoxy) is 2. The predicted octanol–water partition coefficient (Wildman–Crippen LogP) is 3.15. The van der Waals surface area contributed by atoms with Crippen LogP contribution in [-0.4, -0.2) is 26.2 Å². The van der Waals surface area contributed by atoms with E-state index in [-0.39, 0.29) is 5.91 Å². The number of hydrogen-bond donors (Lipinski definition) is 2. The van der Waals surface area contributed by atoms with Crippen molar-refractivity contribution in [1.29, 1.82) is 0 Å². The maximum atomic E-state index is 12.2. The van der Waals surface area contributed by atoms with Crippen molar-refractivity contribution in [1.82, 2.24) is 5.32 Å². The highest BCUT2D eigenvalue weighted by atomic mass is 16.5. The second kappa shape index (κ2) is 9.82. The largest absolute Gasteiger partial charge is 0.493 e. The van der Waals surface area contributed by atoms with Gasteiger partial charge in [-0.3, -0.25) is 4.79 Å². The molecule has 2 aromatic carbocycles. The van der Waals surface area contributed by atoms with E-state index < -0.39 is 6.04 Å². The maximum Gasteiger partial charge on any atom is 0.241 e. The van der Waals surface area contributed by atoms with Gasteiger partial charge < -0.3 is 20.5 Å². The Labute approximate surface area is 155 Å². The number of aryl methyl sites for hydroxylation is 2. The summed E-state index contributed by atoms with van der Waals surface area (Å²) in [5, 5.41) is 2.91. The highest BCUT2D eigenvalue weighted by molar-refractivity contribution is 5.82. The van der Waals surface area contributed by atoms with Crippen molar-refractivity contribution in [2.45, 2.75) is 32.7 Å². The summed E-state index contributed by atoms with van der Waals surface area (Å²) in [5.41, 5.74) is 9.14. The summed E-state index contributed by atoms with van der Waals surface area (Å²) >= 11 is 0. The van der Waals surface area contributed by atoms with Gasteiger partial charge in [0.2, 0.25) is 5.91 Å². The molecule has 5 nitrogen and oxygen atoms in total. The first-order valence-corrected chi connectivity index (χ1v) is 8.94. The average Bonchev–Trinajstić information content (AvgIpc) is 2.65. The quantitative estimate of drug-likeness (QED) is 0.677. The molecule has 5 heteroatoms. The highest BCUT2D eigenvalue weighted by Crippen LogP contribution is 2.28. The van der Waals surface area contributed by atoms with Crippen LogP contribution in [0.25, 0.3) is 0 Å². The van der Waals surface area contributed by atoms with Gasteiger partial charge >= 0.3 is 0 Å². The molecular weight excluding hydrogens is 328 g/mol. The molecule has 1 amide bonds. The van der Waals surface area contributed by atoms with E-state index in [9.17, 15) is 4.79 Å². The minimum Gasteiger partial charge on any atom is -0.493 e. The fraction of sp³-hybridized carbons (Fsp3) is 0.381. The number of nitrogens with one attached hydrogen (secondary N) is 1. The number of hydrogen-bond acceptors (Lipinski definition) is 4. The highest BCUT2D eigenvalue weighted by Gasteiger charge is 2.14. The summed E-state index contributed by atoms with van der Waals surface area (Å²) in [6.07, 6.45) is 1.66. The second-order valence-corrected chi connectivity index (χ2v) is 6.20. The van der Waals surface area contributed by atoms with Crippen molar-refractivity contribution >= 4 is 5.91 Å². The molecule has 2 aromatic rings. The summed E-state index contributed by atoms with van der Waals surface area (Å²) in [4.78, 5) is 12.2. The number of rotatable bonds is 9. The zero-order valence-corrected chi connectivity index (χ0v) is 15.7. The molecule has 140 valence electrons. The molecule has 0 saturated heterocycles. The van der Waals surface area contributed by atoms with Crippen LogP contribution in [0.3, 0.4) is 0 Å². The lowest BCUT2D eigenvalue weighted by Crippen LogP contribution is -2.34. The zero-order valence-electron chi connectivity index (χ0n) is 15.7. The topological polar surface area (TPSA) is 73.6 Å². The van der Waals surface area contributed by atoms with E-state index in [0.29, 0.717) is 13.2 Å². The summed E-state index contributed by atoms with van der Waals surface area (Å²) in [5.74, 6) is 1.32. The molecule has 3 N–H and O–H groups in total. The van der Waals surface area contributed by atoms with Crippen LogP contribution in [0.2, 0.25) is 0 Å². The molecule has 1 atom stereocenters. The number of methoxy groups -OCH3 is 1. The molecule has 0 bridgehead atoms. The summed E-state index contributed by atoms with van der Waals surface area (Å²) < 4.78 is 10.9. The number of nitrogens with two attached hydrogens (primary N) is 1. The molecule has 0 aromatic heterocycles. The van der Waals surface area contributed by atoms with Crippen LogP contribution in [0.4, 0.5) is 0 Å². The van der Waals surface area contributed by atoms with E-state index in [0.717, 1.165) is 41.0 Å². The van der Waals surface area contributed by atoms with Gasteiger partial charge in [0.15, 0.2) is 11.5 Å². The van der Waals surface area contributed by atoms with Crippen LogP contribution in [0.1, 0.15) is 36.1 Å². The Balaban J connectivity index is 1.81. The molecular formula is C21H28N2O3. The van der Waals surface area contributed by atoms with E-state index in [1.165, 1.54) is 0 Å². The molecule has 1 unspecified atom stereocenters. The standard InChI is InChI=1S/C21H28N2O3/c1-4-26-19-14-16(9-12-18(19)25-3)6-5-13-23-21(24)20(22)17-10-7-15(2)8-11-17/h7-12,14,20H,4-6,13,22H2,1-3H3,(H,23,24). The van der Waals surface area contributed by atoms with Crippen LogP contribution in [0, 0.1) is 6.92 Å². The van der Waals surface area contributed by atoms with E-state index in [4.69, 9.17) is 15.2 Å². The smallest absolute Gasteiger partial charge is 0.241 e.